The van der Waals surface area contributed by atoms with Crippen LogP contribution in [0.4, 0.5) is 10.1 Å². The van der Waals surface area contributed by atoms with Gasteiger partial charge in [0.05, 0.1) is 12.8 Å². The number of aromatic nitrogens is 1. The molecule has 2 heterocycles. The van der Waals surface area contributed by atoms with Crippen LogP contribution < -0.4 is 16.0 Å². The number of rotatable bonds is 8. The summed E-state index contributed by atoms with van der Waals surface area (Å²) < 4.78 is 18.7. The number of aliphatic imine (C=N–C) groups is 1. The fraction of sp³-hybridized carbons (Fsp3) is 0.200. The lowest BCUT2D eigenvalue weighted by atomic mass is 10.1. The molecule has 0 aliphatic heterocycles. The molecule has 0 saturated carbocycles. The van der Waals surface area contributed by atoms with Crippen LogP contribution in [0.1, 0.15) is 28.6 Å². The van der Waals surface area contributed by atoms with Gasteiger partial charge in [-0.3, -0.25) is 4.79 Å². The van der Waals surface area contributed by atoms with Crippen molar-refractivity contribution in [3.8, 4) is 0 Å². The number of halogens is 1. The van der Waals surface area contributed by atoms with Crippen molar-refractivity contribution in [1.29, 1.82) is 0 Å². The number of carbonyl (C=O) groups excluding carboxylic acids is 1. The Kier molecular flexibility index (Phi) is 7.04. The third-order valence-corrected chi connectivity index (χ3v) is 5.11. The predicted molar refractivity (Wildman–Crippen MR) is 128 cm³/mol. The lowest BCUT2D eigenvalue weighted by molar-refractivity contribution is 0.0996. The van der Waals surface area contributed by atoms with Gasteiger partial charge in [-0.05, 0) is 66.9 Å². The number of carbonyl (C=O) groups is 1. The number of fused-ring (bicyclic) bond motifs is 1. The predicted octanol–water partition coefficient (Wildman–Crippen LogP) is 4.45. The molecule has 0 fully saturated rings. The highest BCUT2D eigenvalue weighted by Gasteiger charge is 2.09. The maximum Gasteiger partial charge on any atom is 0.291 e. The molecule has 2 aromatic carbocycles. The van der Waals surface area contributed by atoms with Crippen molar-refractivity contribution in [3.05, 3.63) is 89.8 Å². The van der Waals surface area contributed by atoms with Crippen molar-refractivity contribution in [3.63, 3.8) is 0 Å². The van der Waals surface area contributed by atoms with Gasteiger partial charge >= 0.3 is 0 Å². The van der Waals surface area contributed by atoms with Crippen LogP contribution in [0.5, 0.6) is 0 Å². The quantitative estimate of drug-likeness (QED) is 0.237. The van der Waals surface area contributed by atoms with Crippen molar-refractivity contribution in [2.24, 2.45) is 4.99 Å². The SMILES string of the molecule is CCNC(=NCc1cccc(NC(=O)c2ccco2)c1)NCCc1c[nH]c2ccc(F)cc12. The van der Waals surface area contributed by atoms with Crippen LogP contribution in [0, 0.1) is 5.82 Å². The van der Waals surface area contributed by atoms with Crippen LogP contribution in [0.3, 0.4) is 0 Å². The summed E-state index contributed by atoms with van der Waals surface area (Å²) in [5.41, 5.74) is 3.60. The van der Waals surface area contributed by atoms with Gasteiger partial charge < -0.3 is 25.4 Å². The summed E-state index contributed by atoms with van der Waals surface area (Å²) in [6, 6.07) is 15.6. The van der Waals surface area contributed by atoms with E-state index in [1.165, 1.54) is 12.3 Å². The second-order valence-electron chi connectivity index (χ2n) is 7.51. The maximum absolute atomic E-state index is 13.6. The molecule has 0 aliphatic carbocycles. The first-order valence-corrected chi connectivity index (χ1v) is 10.8. The third kappa shape index (κ3) is 5.79. The first-order valence-electron chi connectivity index (χ1n) is 10.8. The highest BCUT2D eigenvalue weighted by molar-refractivity contribution is 6.02. The van der Waals surface area contributed by atoms with Gasteiger partial charge in [-0.2, -0.15) is 0 Å². The minimum absolute atomic E-state index is 0.242. The van der Waals surface area contributed by atoms with E-state index >= 15 is 0 Å². The zero-order valence-electron chi connectivity index (χ0n) is 18.3. The van der Waals surface area contributed by atoms with Gasteiger partial charge in [0.25, 0.3) is 5.91 Å². The molecule has 0 spiro atoms. The van der Waals surface area contributed by atoms with Gasteiger partial charge in [-0.1, -0.05) is 12.1 Å². The van der Waals surface area contributed by atoms with Crippen molar-refractivity contribution in [2.75, 3.05) is 18.4 Å². The molecule has 7 nitrogen and oxygen atoms in total. The van der Waals surface area contributed by atoms with E-state index in [1.807, 2.05) is 37.4 Å². The number of benzene rings is 2. The Hall–Kier alpha value is -4.07. The lowest BCUT2D eigenvalue weighted by Crippen LogP contribution is -2.38. The number of aromatic amines is 1. The van der Waals surface area contributed by atoms with E-state index in [9.17, 15) is 9.18 Å². The van der Waals surface area contributed by atoms with Gasteiger partial charge in [0.15, 0.2) is 11.7 Å². The average molecular weight is 448 g/mol. The molecule has 4 N–H and O–H groups in total. The highest BCUT2D eigenvalue weighted by atomic mass is 19.1. The van der Waals surface area contributed by atoms with E-state index in [0.29, 0.717) is 24.7 Å². The Labute approximate surface area is 191 Å². The summed E-state index contributed by atoms with van der Waals surface area (Å²) in [5.74, 6) is 0.408. The number of nitrogens with one attached hydrogen (secondary N) is 4. The minimum Gasteiger partial charge on any atom is -0.459 e. The van der Waals surface area contributed by atoms with Gasteiger partial charge in [-0.15, -0.1) is 0 Å². The monoisotopic (exact) mass is 447 g/mol. The fourth-order valence-corrected chi connectivity index (χ4v) is 3.53. The van der Waals surface area contributed by atoms with Gasteiger partial charge in [-0.25, -0.2) is 9.38 Å². The summed E-state index contributed by atoms with van der Waals surface area (Å²) in [6.45, 7) is 3.82. The second-order valence-corrected chi connectivity index (χ2v) is 7.51. The highest BCUT2D eigenvalue weighted by Crippen LogP contribution is 2.19. The van der Waals surface area contributed by atoms with E-state index in [1.54, 1.807) is 24.3 Å². The van der Waals surface area contributed by atoms with Gasteiger partial charge in [0.2, 0.25) is 0 Å². The van der Waals surface area contributed by atoms with Gasteiger partial charge in [0, 0.05) is 35.9 Å². The Balaban J connectivity index is 1.35. The van der Waals surface area contributed by atoms with E-state index in [4.69, 9.17) is 4.42 Å². The summed E-state index contributed by atoms with van der Waals surface area (Å²) in [5, 5.41) is 10.3. The smallest absolute Gasteiger partial charge is 0.291 e. The summed E-state index contributed by atoms with van der Waals surface area (Å²) in [4.78, 5) is 20.0. The van der Waals surface area contributed by atoms with Crippen molar-refractivity contribution in [1.82, 2.24) is 15.6 Å². The Morgan fingerprint density at radius 3 is 2.85 bits per heavy atom. The number of H-pyrrole nitrogens is 1. The Morgan fingerprint density at radius 1 is 1.12 bits per heavy atom. The molecule has 1 amide bonds. The summed E-state index contributed by atoms with van der Waals surface area (Å²) in [7, 11) is 0. The molecule has 0 unspecified atom stereocenters. The Morgan fingerprint density at radius 2 is 2.03 bits per heavy atom. The Bertz CT molecular complexity index is 1250. The van der Waals surface area contributed by atoms with Crippen LogP contribution in [0.2, 0.25) is 0 Å². The molecule has 170 valence electrons. The van der Waals surface area contributed by atoms with Crippen molar-refractivity contribution >= 4 is 28.5 Å². The van der Waals surface area contributed by atoms with Crippen LogP contribution in [-0.4, -0.2) is 29.9 Å². The van der Waals surface area contributed by atoms with Crippen LogP contribution >= 0.6 is 0 Å². The molecule has 4 rings (SSSR count). The zero-order valence-corrected chi connectivity index (χ0v) is 18.3. The molecule has 0 atom stereocenters. The van der Waals surface area contributed by atoms with Crippen LogP contribution in [0.15, 0.2) is 76.5 Å². The number of nitrogens with zero attached hydrogens (tertiary/aromatic N) is 1. The minimum atomic E-state index is -0.298. The maximum atomic E-state index is 13.6. The van der Waals surface area contributed by atoms with E-state index in [2.05, 4.69) is 25.9 Å². The number of hydrogen-bond acceptors (Lipinski definition) is 3. The average Bonchev–Trinajstić information content (AvgIpc) is 3.48. The molecule has 0 saturated heterocycles. The molecule has 33 heavy (non-hydrogen) atoms. The molecular formula is C25H26FN5O2. The topological polar surface area (TPSA) is 94.4 Å². The summed E-state index contributed by atoms with van der Waals surface area (Å²) in [6.07, 6.45) is 4.10. The molecule has 8 heteroatoms. The number of hydrogen-bond donors (Lipinski definition) is 4. The van der Waals surface area contributed by atoms with Gasteiger partial charge in [0.1, 0.15) is 5.82 Å². The largest absolute Gasteiger partial charge is 0.459 e. The number of furan rings is 1. The number of guanidine groups is 1. The first-order chi connectivity index (χ1) is 16.1. The van der Waals surface area contributed by atoms with Crippen molar-refractivity contribution < 1.29 is 13.6 Å². The number of amides is 1. The second kappa shape index (κ2) is 10.5. The van der Waals surface area contributed by atoms with Crippen LogP contribution in [0.25, 0.3) is 10.9 Å². The first kappa shape index (κ1) is 22.1. The zero-order chi connectivity index (χ0) is 23.0. The molecular weight excluding hydrogens is 421 g/mol. The molecule has 4 aromatic rings. The molecule has 0 bridgehead atoms. The third-order valence-electron chi connectivity index (χ3n) is 5.11. The molecule has 2 aromatic heterocycles. The normalized spacial score (nSPS) is 11.5. The van der Waals surface area contributed by atoms with E-state index in [0.717, 1.165) is 35.0 Å². The fourth-order valence-electron chi connectivity index (χ4n) is 3.53. The standard InChI is InChI=1S/C25H26FN5O2/c1-2-27-25(28-11-10-18-16-29-22-9-8-19(26)14-21(18)22)30-15-17-5-3-6-20(13-17)31-24(32)23-7-4-12-33-23/h3-9,12-14,16,29H,2,10-11,15H2,1H3,(H,31,32)(H2,27,28,30). The van der Waals surface area contributed by atoms with Crippen LogP contribution in [-0.2, 0) is 13.0 Å². The molecule has 0 aliphatic rings. The summed E-state index contributed by atoms with van der Waals surface area (Å²) >= 11 is 0. The van der Waals surface area contributed by atoms with E-state index in [-0.39, 0.29) is 17.5 Å². The lowest BCUT2D eigenvalue weighted by Gasteiger charge is -2.11. The van der Waals surface area contributed by atoms with E-state index < -0.39 is 0 Å². The molecule has 0 radical (unpaired) electrons. The number of anilines is 1. The van der Waals surface area contributed by atoms with Crippen molar-refractivity contribution in [2.45, 2.75) is 19.9 Å².